The van der Waals surface area contributed by atoms with E-state index in [-0.39, 0.29) is 11.3 Å². The minimum absolute atomic E-state index is 0.140. The maximum Gasteiger partial charge on any atom is 0.0726 e. The fourth-order valence-corrected chi connectivity index (χ4v) is 16.7. The molecule has 0 aliphatic heterocycles. The summed E-state index contributed by atoms with van der Waals surface area (Å²) in [7, 11) is 0. The van der Waals surface area contributed by atoms with Crippen LogP contribution in [0.2, 0.25) is 0 Å². The standard InChI is InChI=1S/C88H68N2/c1-56(2)86(87(3,4)5)62-34-32-59(33-35-62)64-40-48-73-71-25-14-17-29-79(71)88(81(73)53-64)80-30-18-15-26-72(80)74-50-47-68(55-82(74)88)90-83-31-19-16-27-75(83)77-52-63(41-51-84(77)90)60-38-44-66(45-39-60)89(65-42-36-58(37-43-65)57-20-8-6-9-21-57)67-46-49-70-69-24-12-13-28-76(69)85(78(70)54-67)61-22-10-7-11-23-61/h6-56,85-86H,1-5H3. The molecule has 3 unspecified atom stereocenters. The molecule has 0 amide bonds. The van der Waals surface area contributed by atoms with E-state index in [2.05, 4.69) is 347 Å². The first-order valence-corrected chi connectivity index (χ1v) is 32.1. The van der Waals surface area contributed by atoms with Gasteiger partial charge in [-0.3, -0.25) is 0 Å². The average molecular weight is 1150 g/mol. The third kappa shape index (κ3) is 8.31. The Morgan fingerprint density at radius 2 is 0.811 bits per heavy atom. The molecule has 0 radical (unpaired) electrons. The number of fused-ring (bicyclic) bond motifs is 16. The van der Waals surface area contributed by atoms with Crippen molar-refractivity contribution >= 4 is 38.9 Å². The van der Waals surface area contributed by atoms with Crippen LogP contribution in [0.5, 0.6) is 0 Å². The van der Waals surface area contributed by atoms with Gasteiger partial charge in [-0.15, -0.1) is 0 Å². The van der Waals surface area contributed by atoms with Gasteiger partial charge in [0.05, 0.1) is 16.4 Å². The SMILES string of the molecule is CC(C)C(c1ccc(-c2ccc3c(c2)C2(c4ccccc4-3)c3ccccc3-c3ccc(-n4c5ccccc5c5cc(-c6ccc(N(c7ccc(-c8ccccc8)cc7)c7ccc8c(c7)C(c7ccccc7)c7ccccc7-8)cc6)ccc54)cc32)cc1)C(C)(C)C. The predicted octanol–water partition coefficient (Wildman–Crippen LogP) is 23.5. The summed E-state index contributed by atoms with van der Waals surface area (Å²) in [5.74, 6) is 1.14. The van der Waals surface area contributed by atoms with Gasteiger partial charge in [-0.05, 0) is 201 Å². The minimum Gasteiger partial charge on any atom is -0.310 e. The first-order chi connectivity index (χ1) is 44.1. The lowest BCUT2D eigenvalue weighted by Crippen LogP contribution is -2.26. The molecule has 0 fully saturated rings. The van der Waals surface area contributed by atoms with Crippen LogP contribution in [-0.4, -0.2) is 4.57 Å². The zero-order chi connectivity index (χ0) is 60.4. The number of anilines is 3. The zero-order valence-corrected chi connectivity index (χ0v) is 51.5. The molecular weight excluding hydrogens is 1080 g/mol. The van der Waals surface area contributed by atoms with E-state index in [4.69, 9.17) is 0 Å². The topological polar surface area (TPSA) is 8.17 Å². The van der Waals surface area contributed by atoms with Crippen LogP contribution < -0.4 is 4.90 Å². The molecule has 2 heteroatoms. The monoisotopic (exact) mass is 1150 g/mol. The van der Waals surface area contributed by atoms with Gasteiger partial charge in [-0.2, -0.15) is 0 Å². The number of aromatic nitrogens is 1. The molecule has 3 aliphatic carbocycles. The lowest BCUT2D eigenvalue weighted by molar-refractivity contribution is 0.258. The Balaban J connectivity index is 0.764. The Morgan fingerprint density at radius 1 is 0.344 bits per heavy atom. The molecular formula is C88H68N2. The molecule has 1 heterocycles. The summed E-state index contributed by atoms with van der Waals surface area (Å²) in [6.07, 6.45) is 0. The van der Waals surface area contributed by atoms with Gasteiger partial charge in [0, 0.05) is 39.4 Å². The number of para-hydroxylation sites is 1. The summed E-state index contributed by atoms with van der Waals surface area (Å²) in [6.45, 7) is 11.8. The smallest absolute Gasteiger partial charge is 0.0726 e. The zero-order valence-electron chi connectivity index (χ0n) is 51.5. The molecule has 3 aliphatic rings. The predicted molar refractivity (Wildman–Crippen MR) is 378 cm³/mol. The largest absolute Gasteiger partial charge is 0.310 e. The Kier molecular flexibility index (Phi) is 12.4. The van der Waals surface area contributed by atoms with E-state index >= 15 is 0 Å². The van der Waals surface area contributed by atoms with E-state index in [1.165, 1.54) is 133 Å². The molecule has 3 atom stereocenters. The summed E-state index contributed by atoms with van der Waals surface area (Å²) >= 11 is 0. The van der Waals surface area contributed by atoms with E-state index in [0.717, 1.165) is 22.7 Å². The van der Waals surface area contributed by atoms with Crippen molar-refractivity contribution in [3.05, 3.63) is 348 Å². The molecule has 1 aromatic heterocycles. The molecule has 430 valence electrons. The Labute approximate surface area is 528 Å². The Hall–Kier alpha value is -10.5. The fourth-order valence-electron chi connectivity index (χ4n) is 16.7. The molecule has 2 nitrogen and oxygen atoms in total. The van der Waals surface area contributed by atoms with Crippen LogP contribution in [0.3, 0.4) is 0 Å². The summed E-state index contributed by atoms with van der Waals surface area (Å²) in [5, 5.41) is 2.46. The normalized spacial score (nSPS) is 15.4. The van der Waals surface area contributed by atoms with Gasteiger partial charge in [-0.1, -0.05) is 265 Å². The van der Waals surface area contributed by atoms with E-state index in [1.54, 1.807) is 0 Å². The van der Waals surface area contributed by atoms with Crippen molar-refractivity contribution in [1.29, 1.82) is 0 Å². The second-order valence-electron chi connectivity index (χ2n) is 26.6. The Bertz CT molecular complexity index is 5110. The maximum absolute atomic E-state index is 2.53. The van der Waals surface area contributed by atoms with Gasteiger partial charge in [0.1, 0.15) is 0 Å². The molecule has 90 heavy (non-hydrogen) atoms. The third-order valence-electron chi connectivity index (χ3n) is 20.2. The van der Waals surface area contributed by atoms with Crippen molar-refractivity contribution in [2.75, 3.05) is 4.90 Å². The lowest BCUT2D eigenvalue weighted by Gasteiger charge is -2.34. The molecule has 0 saturated heterocycles. The quantitative estimate of drug-likeness (QED) is 0.132. The number of rotatable bonds is 10. The van der Waals surface area contributed by atoms with Gasteiger partial charge in [0.2, 0.25) is 0 Å². The molecule has 14 aromatic rings. The van der Waals surface area contributed by atoms with Crippen molar-refractivity contribution in [2.24, 2.45) is 11.3 Å². The fraction of sp³-hybridized carbons (Fsp3) is 0.114. The van der Waals surface area contributed by atoms with Crippen LogP contribution in [0, 0.1) is 11.3 Å². The molecule has 0 bridgehead atoms. The first-order valence-electron chi connectivity index (χ1n) is 32.1. The summed E-state index contributed by atoms with van der Waals surface area (Å²) < 4.78 is 2.51. The van der Waals surface area contributed by atoms with Crippen LogP contribution in [0.1, 0.15) is 91.0 Å². The van der Waals surface area contributed by atoms with Crippen molar-refractivity contribution < 1.29 is 0 Å². The van der Waals surface area contributed by atoms with Crippen LogP contribution in [0.15, 0.2) is 303 Å². The molecule has 0 saturated carbocycles. The minimum atomic E-state index is -0.519. The van der Waals surface area contributed by atoms with Crippen molar-refractivity contribution in [3.63, 3.8) is 0 Å². The molecule has 1 spiro atoms. The number of hydrogen-bond acceptors (Lipinski definition) is 1. The summed E-state index contributed by atoms with van der Waals surface area (Å²) in [4.78, 5) is 2.43. The highest BCUT2D eigenvalue weighted by Crippen LogP contribution is 2.64. The van der Waals surface area contributed by atoms with Crippen molar-refractivity contribution in [1.82, 2.24) is 4.57 Å². The third-order valence-corrected chi connectivity index (χ3v) is 20.2. The summed E-state index contributed by atoms with van der Waals surface area (Å²) in [5.41, 5.74) is 32.3. The number of benzene rings is 13. The van der Waals surface area contributed by atoms with Gasteiger partial charge < -0.3 is 9.47 Å². The van der Waals surface area contributed by atoms with E-state index in [1.807, 2.05) is 0 Å². The number of hydrogen-bond donors (Lipinski definition) is 0. The maximum atomic E-state index is 2.53. The van der Waals surface area contributed by atoms with Gasteiger partial charge in [-0.25, -0.2) is 0 Å². The van der Waals surface area contributed by atoms with E-state index in [0.29, 0.717) is 11.8 Å². The van der Waals surface area contributed by atoms with Crippen LogP contribution in [-0.2, 0) is 5.41 Å². The highest BCUT2D eigenvalue weighted by atomic mass is 15.1. The average Bonchev–Trinajstić information content (AvgIpc) is 1.51. The van der Waals surface area contributed by atoms with E-state index < -0.39 is 5.41 Å². The first kappa shape index (κ1) is 53.7. The van der Waals surface area contributed by atoms with E-state index in [9.17, 15) is 0 Å². The second kappa shape index (κ2) is 20.8. The Morgan fingerprint density at radius 3 is 1.48 bits per heavy atom. The molecule has 13 aromatic carbocycles. The highest BCUT2D eigenvalue weighted by molar-refractivity contribution is 6.11. The van der Waals surface area contributed by atoms with Crippen LogP contribution >= 0.6 is 0 Å². The number of nitrogens with zero attached hydrogens (tertiary/aromatic N) is 2. The van der Waals surface area contributed by atoms with Crippen molar-refractivity contribution in [3.8, 4) is 72.4 Å². The van der Waals surface area contributed by atoms with Gasteiger partial charge in [0.25, 0.3) is 0 Å². The lowest BCUT2D eigenvalue weighted by atomic mass is 9.70. The van der Waals surface area contributed by atoms with Gasteiger partial charge >= 0.3 is 0 Å². The van der Waals surface area contributed by atoms with Crippen LogP contribution in [0.25, 0.3) is 94.3 Å². The summed E-state index contributed by atoms with van der Waals surface area (Å²) in [6, 6.07) is 114. The van der Waals surface area contributed by atoms with Crippen LogP contribution in [0.4, 0.5) is 17.1 Å². The van der Waals surface area contributed by atoms with Crippen molar-refractivity contribution in [2.45, 2.75) is 51.9 Å². The molecule has 0 N–H and O–H groups in total. The molecule has 17 rings (SSSR count). The second-order valence-corrected chi connectivity index (χ2v) is 26.6. The van der Waals surface area contributed by atoms with Gasteiger partial charge in [0.15, 0.2) is 0 Å². The highest BCUT2D eigenvalue weighted by Gasteiger charge is 2.52.